The zero-order valence-corrected chi connectivity index (χ0v) is 10.9. The van der Waals surface area contributed by atoms with E-state index in [9.17, 15) is 12.8 Å². The summed E-state index contributed by atoms with van der Waals surface area (Å²) in [5, 5.41) is 3.14. The lowest BCUT2D eigenvalue weighted by molar-refractivity contribution is 0.557. The first kappa shape index (κ1) is 14.1. The summed E-state index contributed by atoms with van der Waals surface area (Å²) in [6.45, 7) is 4.47. The van der Waals surface area contributed by atoms with Crippen LogP contribution in [0.5, 0.6) is 0 Å². The first-order valence-electron chi connectivity index (χ1n) is 5.32. The highest BCUT2D eigenvalue weighted by atomic mass is 32.2. The third-order valence-electron chi connectivity index (χ3n) is 2.27. The first-order valence-corrected chi connectivity index (χ1v) is 6.80. The van der Waals surface area contributed by atoms with Crippen LogP contribution >= 0.6 is 0 Å². The van der Waals surface area contributed by atoms with Gasteiger partial charge in [-0.15, -0.1) is 0 Å². The normalized spacial score (nSPS) is 12.1. The van der Waals surface area contributed by atoms with Crippen LogP contribution in [-0.2, 0) is 16.6 Å². The van der Waals surface area contributed by atoms with E-state index < -0.39 is 15.8 Å². The maximum atomic E-state index is 13.4. The number of nitrogens with one attached hydrogen (secondary N) is 2. The zero-order chi connectivity index (χ0) is 13.1. The Hall–Kier alpha value is -0.980. The molecule has 6 heteroatoms. The van der Waals surface area contributed by atoms with Gasteiger partial charge in [-0.3, -0.25) is 0 Å². The van der Waals surface area contributed by atoms with Crippen LogP contribution in [-0.4, -0.2) is 21.5 Å². The Bertz CT molecular complexity index is 486. The van der Waals surface area contributed by atoms with E-state index in [1.165, 1.54) is 19.2 Å². The number of halogens is 1. The van der Waals surface area contributed by atoms with Crippen LogP contribution in [0.2, 0.25) is 0 Å². The van der Waals surface area contributed by atoms with E-state index in [0.29, 0.717) is 6.54 Å². The molecule has 0 aliphatic carbocycles. The van der Waals surface area contributed by atoms with Gasteiger partial charge in [0.2, 0.25) is 10.0 Å². The van der Waals surface area contributed by atoms with Crippen molar-refractivity contribution >= 4 is 10.0 Å². The molecule has 0 bridgehead atoms. The summed E-state index contributed by atoms with van der Waals surface area (Å²) >= 11 is 0. The number of rotatable bonds is 5. The van der Waals surface area contributed by atoms with Crippen molar-refractivity contribution in [2.45, 2.75) is 31.3 Å². The second kappa shape index (κ2) is 5.57. The fraction of sp³-hybridized carbons (Fsp3) is 0.455. The van der Waals surface area contributed by atoms with Crippen LogP contribution < -0.4 is 10.0 Å². The van der Waals surface area contributed by atoms with Crippen molar-refractivity contribution < 1.29 is 12.8 Å². The summed E-state index contributed by atoms with van der Waals surface area (Å²) in [7, 11) is -2.48. The summed E-state index contributed by atoms with van der Waals surface area (Å²) in [5.74, 6) is -0.743. The van der Waals surface area contributed by atoms with Gasteiger partial charge in [-0.2, -0.15) is 0 Å². The molecule has 0 radical (unpaired) electrons. The lowest BCUT2D eigenvalue weighted by Crippen LogP contribution is -2.23. The molecule has 1 aromatic carbocycles. The fourth-order valence-electron chi connectivity index (χ4n) is 1.30. The SMILES string of the molecule is CNS(=O)(=O)c1cc(CNC(C)C)ccc1F. The van der Waals surface area contributed by atoms with Crippen molar-refractivity contribution in [3.63, 3.8) is 0 Å². The third-order valence-corrected chi connectivity index (χ3v) is 3.70. The molecule has 0 amide bonds. The molecule has 0 heterocycles. The van der Waals surface area contributed by atoms with Crippen LogP contribution in [0, 0.1) is 5.82 Å². The second-order valence-electron chi connectivity index (χ2n) is 4.01. The number of hydrogen-bond acceptors (Lipinski definition) is 3. The highest BCUT2D eigenvalue weighted by Crippen LogP contribution is 2.16. The molecule has 0 aliphatic rings. The van der Waals surface area contributed by atoms with Crippen LogP contribution in [0.4, 0.5) is 4.39 Å². The Kier molecular flexibility index (Phi) is 4.62. The highest BCUT2D eigenvalue weighted by Gasteiger charge is 2.17. The summed E-state index contributed by atoms with van der Waals surface area (Å²) in [6, 6.07) is 4.36. The van der Waals surface area contributed by atoms with Crippen molar-refractivity contribution in [2.75, 3.05) is 7.05 Å². The van der Waals surface area contributed by atoms with Crippen LogP contribution in [0.25, 0.3) is 0 Å². The molecule has 0 aliphatic heterocycles. The molecule has 0 unspecified atom stereocenters. The largest absolute Gasteiger partial charge is 0.310 e. The van der Waals surface area contributed by atoms with Gasteiger partial charge in [0.1, 0.15) is 10.7 Å². The molecule has 0 spiro atoms. The molecule has 4 nitrogen and oxygen atoms in total. The fourth-order valence-corrected chi connectivity index (χ4v) is 2.15. The molecule has 0 fully saturated rings. The van der Waals surface area contributed by atoms with Crippen molar-refractivity contribution in [3.05, 3.63) is 29.6 Å². The molecular weight excluding hydrogens is 243 g/mol. The average molecular weight is 260 g/mol. The lowest BCUT2D eigenvalue weighted by Gasteiger charge is -2.10. The van der Waals surface area contributed by atoms with E-state index in [2.05, 4.69) is 10.0 Å². The molecule has 0 saturated carbocycles. The molecule has 1 aromatic rings. The summed E-state index contributed by atoms with van der Waals surface area (Å²) in [5.41, 5.74) is 0.730. The monoisotopic (exact) mass is 260 g/mol. The molecule has 0 aromatic heterocycles. The second-order valence-corrected chi connectivity index (χ2v) is 5.86. The van der Waals surface area contributed by atoms with Gasteiger partial charge in [0.05, 0.1) is 0 Å². The van der Waals surface area contributed by atoms with E-state index in [1.807, 2.05) is 13.8 Å². The zero-order valence-electron chi connectivity index (χ0n) is 10.1. The Morgan fingerprint density at radius 2 is 2.00 bits per heavy atom. The third kappa shape index (κ3) is 3.76. The van der Waals surface area contributed by atoms with Crippen LogP contribution in [0.3, 0.4) is 0 Å². The number of sulfonamides is 1. The Morgan fingerprint density at radius 1 is 1.35 bits per heavy atom. The molecule has 2 N–H and O–H groups in total. The Morgan fingerprint density at radius 3 is 2.53 bits per heavy atom. The topological polar surface area (TPSA) is 58.2 Å². The van der Waals surface area contributed by atoms with Gasteiger partial charge in [0, 0.05) is 12.6 Å². The quantitative estimate of drug-likeness (QED) is 0.837. The van der Waals surface area contributed by atoms with Gasteiger partial charge in [0.15, 0.2) is 0 Å². The van der Waals surface area contributed by atoms with E-state index >= 15 is 0 Å². The van der Waals surface area contributed by atoms with Crippen LogP contribution in [0.15, 0.2) is 23.1 Å². The maximum absolute atomic E-state index is 13.4. The van der Waals surface area contributed by atoms with Gasteiger partial charge in [-0.1, -0.05) is 19.9 Å². The highest BCUT2D eigenvalue weighted by molar-refractivity contribution is 7.89. The van der Waals surface area contributed by atoms with E-state index in [1.54, 1.807) is 6.07 Å². The summed E-state index contributed by atoms with van der Waals surface area (Å²) in [4.78, 5) is -0.317. The first-order chi connectivity index (χ1) is 7.86. The minimum atomic E-state index is -3.74. The Balaban J connectivity index is 3.03. The molecule has 1 rings (SSSR count). The van der Waals surface area contributed by atoms with E-state index in [4.69, 9.17) is 0 Å². The van der Waals surface area contributed by atoms with Gasteiger partial charge in [-0.25, -0.2) is 17.5 Å². The predicted molar refractivity (Wildman–Crippen MR) is 64.6 cm³/mol. The number of benzene rings is 1. The van der Waals surface area contributed by atoms with Crippen molar-refractivity contribution in [1.82, 2.24) is 10.0 Å². The van der Waals surface area contributed by atoms with Crippen molar-refractivity contribution in [1.29, 1.82) is 0 Å². The minimum absolute atomic E-state index is 0.282. The van der Waals surface area contributed by atoms with Gasteiger partial charge >= 0.3 is 0 Å². The lowest BCUT2D eigenvalue weighted by atomic mass is 10.2. The molecule has 0 saturated heterocycles. The van der Waals surface area contributed by atoms with Crippen LogP contribution in [0.1, 0.15) is 19.4 Å². The van der Waals surface area contributed by atoms with Gasteiger partial charge < -0.3 is 5.32 Å². The van der Waals surface area contributed by atoms with Crippen molar-refractivity contribution in [2.24, 2.45) is 0 Å². The standard InChI is InChI=1S/C11H17FN2O2S/c1-8(2)14-7-9-4-5-10(12)11(6-9)17(15,16)13-3/h4-6,8,13-14H,7H2,1-3H3. The van der Waals surface area contributed by atoms with E-state index in [0.717, 1.165) is 5.56 Å². The smallest absolute Gasteiger partial charge is 0.243 e. The maximum Gasteiger partial charge on any atom is 0.243 e. The summed E-state index contributed by atoms with van der Waals surface area (Å²) in [6.07, 6.45) is 0. The molecular formula is C11H17FN2O2S. The number of hydrogen-bond donors (Lipinski definition) is 2. The van der Waals surface area contributed by atoms with E-state index in [-0.39, 0.29) is 10.9 Å². The minimum Gasteiger partial charge on any atom is -0.310 e. The summed E-state index contributed by atoms with van der Waals surface area (Å²) < 4.78 is 38.6. The molecule has 96 valence electrons. The molecule has 17 heavy (non-hydrogen) atoms. The average Bonchev–Trinajstić information content (AvgIpc) is 2.27. The van der Waals surface area contributed by atoms with Crippen molar-refractivity contribution in [3.8, 4) is 0 Å². The van der Waals surface area contributed by atoms with Gasteiger partial charge in [0.25, 0.3) is 0 Å². The van der Waals surface area contributed by atoms with Gasteiger partial charge in [-0.05, 0) is 24.7 Å². The Labute approximate surface area is 101 Å². The molecule has 0 atom stereocenters. The predicted octanol–water partition coefficient (Wildman–Crippen LogP) is 1.23.